The van der Waals surface area contributed by atoms with Crippen molar-refractivity contribution in [1.29, 1.82) is 0 Å². The fraction of sp³-hybridized carbons (Fsp3) is 0.238. The topological polar surface area (TPSA) is 69.2 Å². The van der Waals surface area contributed by atoms with Crippen molar-refractivity contribution in [2.45, 2.75) is 6.92 Å². The van der Waals surface area contributed by atoms with Gasteiger partial charge in [0.05, 0.1) is 27.0 Å². The van der Waals surface area contributed by atoms with Gasteiger partial charge in [-0.25, -0.2) is 0 Å². The highest BCUT2D eigenvalue weighted by Gasteiger charge is 2.19. The molecular weight excluding hydrogens is 344 g/mol. The summed E-state index contributed by atoms with van der Waals surface area (Å²) in [5.74, 6) is 1.47. The number of aryl methyl sites for hydroxylation is 1. The Hall–Kier alpha value is -3.28. The highest BCUT2D eigenvalue weighted by Crippen LogP contribution is 2.38. The summed E-state index contributed by atoms with van der Waals surface area (Å²) in [7, 11) is 6.16. The Labute approximate surface area is 159 Å². The largest absolute Gasteiger partial charge is 0.493 e. The number of amidine groups is 1. The smallest absolute Gasteiger partial charge is 0.208 e. The van der Waals surface area contributed by atoms with Gasteiger partial charge < -0.3 is 19.5 Å². The summed E-state index contributed by atoms with van der Waals surface area (Å²) in [5.41, 5.74) is 2.55. The number of Topliss-reactive ketones (excluding diaryl/α,β-unsaturated/α-hetero) is 1. The van der Waals surface area contributed by atoms with E-state index in [1.807, 2.05) is 31.2 Å². The van der Waals surface area contributed by atoms with Gasteiger partial charge in [0.15, 0.2) is 11.5 Å². The molecule has 1 N–H and O–H groups in total. The molecule has 0 aromatic heterocycles. The van der Waals surface area contributed by atoms with Crippen LogP contribution in [0, 0.1) is 6.92 Å². The zero-order valence-corrected chi connectivity index (χ0v) is 16.3. The number of carbonyl (C=O) groups excluding carboxylic acids is 1. The van der Waals surface area contributed by atoms with Gasteiger partial charge in [0.2, 0.25) is 11.5 Å². The van der Waals surface area contributed by atoms with Crippen molar-refractivity contribution in [1.82, 2.24) is 5.32 Å². The third kappa shape index (κ3) is 4.47. The van der Waals surface area contributed by atoms with Crippen LogP contribution in [0.3, 0.4) is 0 Å². The maximum atomic E-state index is 12.8. The second kappa shape index (κ2) is 8.89. The molecule has 0 aliphatic rings. The molecule has 0 saturated carbocycles. The number of nitrogens with one attached hydrogen (secondary N) is 1. The number of hydrogen-bond donors (Lipinski definition) is 1. The Kier molecular flexibility index (Phi) is 6.60. The van der Waals surface area contributed by atoms with E-state index >= 15 is 0 Å². The van der Waals surface area contributed by atoms with Crippen molar-refractivity contribution in [2.75, 3.05) is 28.4 Å². The second-order valence-electron chi connectivity index (χ2n) is 5.78. The van der Waals surface area contributed by atoms with E-state index in [2.05, 4.69) is 16.9 Å². The minimum absolute atomic E-state index is 0.186. The zero-order valence-electron chi connectivity index (χ0n) is 16.3. The van der Waals surface area contributed by atoms with Gasteiger partial charge in [-0.15, -0.1) is 0 Å². The molecular formula is C21H24N2O4. The minimum Gasteiger partial charge on any atom is -0.493 e. The van der Waals surface area contributed by atoms with E-state index in [1.54, 1.807) is 19.2 Å². The van der Waals surface area contributed by atoms with E-state index in [1.165, 1.54) is 21.3 Å². The molecule has 0 unspecified atom stereocenters. The number of allylic oxidation sites excluding steroid dienone is 1. The zero-order chi connectivity index (χ0) is 20.0. The second-order valence-corrected chi connectivity index (χ2v) is 5.78. The molecule has 0 fully saturated rings. The number of benzene rings is 2. The number of carbonyl (C=O) groups is 1. The van der Waals surface area contributed by atoms with E-state index in [-0.39, 0.29) is 11.5 Å². The predicted molar refractivity (Wildman–Crippen MR) is 106 cm³/mol. The van der Waals surface area contributed by atoms with E-state index in [0.717, 1.165) is 11.1 Å². The van der Waals surface area contributed by atoms with Crippen LogP contribution in [0.4, 0.5) is 0 Å². The number of rotatable bonds is 7. The lowest BCUT2D eigenvalue weighted by Crippen LogP contribution is -2.27. The van der Waals surface area contributed by atoms with Crippen LogP contribution < -0.4 is 19.5 Å². The summed E-state index contributed by atoms with van der Waals surface area (Å²) in [5, 5.41) is 3.00. The van der Waals surface area contributed by atoms with Crippen molar-refractivity contribution in [2.24, 2.45) is 4.99 Å². The average Bonchev–Trinajstić information content (AvgIpc) is 2.70. The molecule has 27 heavy (non-hydrogen) atoms. The van der Waals surface area contributed by atoms with Crippen LogP contribution in [0.2, 0.25) is 0 Å². The lowest BCUT2D eigenvalue weighted by Gasteiger charge is -2.15. The first-order chi connectivity index (χ1) is 12.9. The van der Waals surface area contributed by atoms with E-state index in [0.29, 0.717) is 28.6 Å². The Morgan fingerprint density at radius 2 is 1.52 bits per heavy atom. The summed E-state index contributed by atoms with van der Waals surface area (Å²) in [6, 6.07) is 11.0. The Morgan fingerprint density at radius 1 is 0.963 bits per heavy atom. The van der Waals surface area contributed by atoms with Crippen LogP contribution in [-0.4, -0.2) is 40.0 Å². The molecule has 0 heterocycles. The molecule has 6 nitrogen and oxygen atoms in total. The number of hydrogen-bond acceptors (Lipinski definition) is 5. The predicted octanol–water partition coefficient (Wildman–Crippen LogP) is 3.38. The normalized spacial score (nSPS) is 10.9. The summed E-state index contributed by atoms with van der Waals surface area (Å²) >= 11 is 0. The van der Waals surface area contributed by atoms with Gasteiger partial charge in [0.1, 0.15) is 5.84 Å². The Morgan fingerprint density at radius 3 is 1.96 bits per heavy atom. The van der Waals surface area contributed by atoms with Crippen molar-refractivity contribution in [3.05, 3.63) is 65.4 Å². The number of methoxy groups -OCH3 is 3. The molecule has 2 aromatic carbocycles. The molecule has 2 aromatic rings. The SMILES string of the molecule is C=C(NC(=NC)c1ccc(C)cc1)C(=O)c1cc(OC)c(OC)c(OC)c1. The maximum absolute atomic E-state index is 12.8. The lowest BCUT2D eigenvalue weighted by molar-refractivity contribution is 0.102. The van der Waals surface area contributed by atoms with Crippen LogP contribution in [0.25, 0.3) is 0 Å². The average molecular weight is 368 g/mol. The van der Waals surface area contributed by atoms with Crippen molar-refractivity contribution < 1.29 is 19.0 Å². The first kappa shape index (κ1) is 20.0. The van der Waals surface area contributed by atoms with Crippen molar-refractivity contribution >= 4 is 11.6 Å². The van der Waals surface area contributed by atoms with Gasteiger partial charge in [-0.3, -0.25) is 9.79 Å². The molecule has 0 aliphatic heterocycles. The number of aliphatic imine (C=N–C) groups is 1. The molecule has 142 valence electrons. The molecule has 6 heteroatoms. The number of ether oxygens (including phenoxy) is 3. The summed E-state index contributed by atoms with van der Waals surface area (Å²) in [6.45, 7) is 5.87. The fourth-order valence-electron chi connectivity index (χ4n) is 2.55. The highest BCUT2D eigenvalue weighted by atomic mass is 16.5. The van der Waals surface area contributed by atoms with Gasteiger partial charge in [0.25, 0.3) is 0 Å². The third-order valence-electron chi connectivity index (χ3n) is 4.02. The van der Waals surface area contributed by atoms with E-state index < -0.39 is 0 Å². The molecule has 0 aliphatic carbocycles. The van der Waals surface area contributed by atoms with Crippen LogP contribution in [-0.2, 0) is 0 Å². The molecule has 0 spiro atoms. The molecule has 0 amide bonds. The molecule has 0 atom stereocenters. The van der Waals surface area contributed by atoms with Crippen LogP contribution in [0.15, 0.2) is 53.7 Å². The first-order valence-electron chi connectivity index (χ1n) is 8.29. The van der Waals surface area contributed by atoms with Gasteiger partial charge >= 0.3 is 0 Å². The van der Waals surface area contributed by atoms with E-state index in [9.17, 15) is 4.79 Å². The maximum Gasteiger partial charge on any atom is 0.208 e. The number of ketones is 1. The van der Waals surface area contributed by atoms with Crippen LogP contribution >= 0.6 is 0 Å². The summed E-state index contributed by atoms with van der Waals surface area (Å²) < 4.78 is 15.9. The monoisotopic (exact) mass is 368 g/mol. The molecule has 2 rings (SSSR count). The lowest BCUT2D eigenvalue weighted by atomic mass is 10.1. The Balaban J connectivity index is 2.29. The molecule has 0 radical (unpaired) electrons. The molecule has 0 saturated heterocycles. The van der Waals surface area contributed by atoms with Gasteiger partial charge in [-0.05, 0) is 19.1 Å². The van der Waals surface area contributed by atoms with Gasteiger partial charge in [0, 0.05) is 18.2 Å². The highest BCUT2D eigenvalue weighted by molar-refractivity contribution is 6.13. The minimum atomic E-state index is -0.303. The standard InChI is InChI=1S/C21H24N2O4/c1-13-7-9-15(10-8-13)21(22-3)23-14(2)19(24)16-11-17(25-4)20(27-6)18(12-16)26-5/h7-12H,2H2,1,3-6H3,(H,22,23). The van der Waals surface area contributed by atoms with Crippen molar-refractivity contribution in [3.8, 4) is 17.2 Å². The third-order valence-corrected chi connectivity index (χ3v) is 4.02. The van der Waals surface area contributed by atoms with Crippen molar-refractivity contribution in [3.63, 3.8) is 0 Å². The van der Waals surface area contributed by atoms with Crippen LogP contribution in [0.1, 0.15) is 21.5 Å². The first-order valence-corrected chi connectivity index (χ1v) is 8.29. The van der Waals surface area contributed by atoms with Gasteiger partial charge in [-0.1, -0.05) is 36.4 Å². The summed E-state index contributed by atoms with van der Waals surface area (Å²) in [6.07, 6.45) is 0. The molecule has 0 bridgehead atoms. The van der Waals surface area contributed by atoms with E-state index in [4.69, 9.17) is 14.2 Å². The quantitative estimate of drug-likeness (QED) is 0.351. The Bertz CT molecular complexity index is 845. The fourth-order valence-corrected chi connectivity index (χ4v) is 2.55. The number of nitrogens with zero attached hydrogens (tertiary/aromatic N) is 1. The van der Waals surface area contributed by atoms with Gasteiger partial charge in [-0.2, -0.15) is 0 Å². The van der Waals surface area contributed by atoms with Crippen LogP contribution in [0.5, 0.6) is 17.2 Å². The summed E-state index contributed by atoms with van der Waals surface area (Å²) in [4.78, 5) is 17.1.